The van der Waals surface area contributed by atoms with Crippen LogP contribution in [0.3, 0.4) is 0 Å². The quantitative estimate of drug-likeness (QED) is 0.505. The number of hydrogen-bond donors (Lipinski definition) is 1. The highest BCUT2D eigenvalue weighted by Gasteiger charge is 2.29. The zero-order valence-corrected chi connectivity index (χ0v) is 10.4. The van der Waals surface area contributed by atoms with E-state index in [0.29, 0.717) is 5.92 Å². The molecule has 1 aliphatic heterocycles. The first-order valence-corrected chi connectivity index (χ1v) is 6.53. The van der Waals surface area contributed by atoms with Crippen LogP contribution < -0.4 is 4.90 Å². The van der Waals surface area contributed by atoms with Gasteiger partial charge in [0.15, 0.2) is 0 Å². The van der Waals surface area contributed by atoms with Crippen molar-refractivity contribution in [1.82, 2.24) is 0 Å². The molecule has 1 saturated carbocycles. The van der Waals surface area contributed by atoms with E-state index in [9.17, 15) is 0 Å². The van der Waals surface area contributed by atoms with Gasteiger partial charge in [-0.25, -0.2) is 0 Å². The molecule has 1 heterocycles. The lowest BCUT2D eigenvalue weighted by molar-refractivity contribution is 0.122. The van der Waals surface area contributed by atoms with Crippen molar-refractivity contribution in [3.63, 3.8) is 0 Å². The molecular weight excluding hydrogens is 228 g/mol. The number of benzene rings is 1. The first-order chi connectivity index (χ1) is 8.88. The lowest BCUT2D eigenvalue weighted by atomic mass is 10.1. The van der Waals surface area contributed by atoms with Crippen LogP contribution >= 0.6 is 0 Å². The van der Waals surface area contributed by atoms with Gasteiger partial charge in [-0.05, 0) is 30.5 Å². The Balaban J connectivity index is 1.75. The molecule has 4 nitrogen and oxygen atoms in total. The third kappa shape index (κ3) is 2.34. The van der Waals surface area contributed by atoms with Gasteiger partial charge in [-0.15, -0.1) is 0 Å². The second-order valence-electron chi connectivity index (χ2n) is 4.91. The fourth-order valence-electron chi connectivity index (χ4n) is 2.40. The van der Waals surface area contributed by atoms with Crippen LogP contribution in [-0.4, -0.2) is 37.2 Å². The van der Waals surface area contributed by atoms with Crippen molar-refractivity contribution in [2.24, 2.45) is 11.1 Å². The Morgan fingerprint density at radius 3 is 2.39 bits per heavy atom. The van der Waals surface area contributed by atoms with Crippen LogP contribution in [0.15, 0.2) is 29.4 Å². The Morgan fingerprint density at radius 2 is 1.83 bits per heavy atom. The summed E-state index contributed by atoms with van der Waals surface area (Å²) in [5.41, 5.74) is 3.09. The van der Waals surface area contributed by atoms with Gasteiger partial charge >= 0.3 is 0 Å². The molecule has 0 spiro atoms. The average Bonchev–Trinajstić information content (AvgIpc) is 3.26. The predicted molar refractivity (Wildman–Crippen MR) is 70.5 cm³/mol. The minimum absolute atomic E-state index is 0.462. The maximum atomic E-state index is 9.07. The van der Waals surface area contributed by atoms with Crippen molar-refractivity contribution in [1.29, 1.82) is 0 Å². The van der Waals surface area contributed by atoms with Crippen molar-refractivity contribution in [3.8, 4) is 0 Å². The highest BCUT2D eigenvalue weighted by Crippen LogP contribution is 2.33. The molecule has 0 bridgehead atoms. The third-order valence-electron chi connectivity index (χ3n) is 3.61. The van der Waals surface area contributed by atoms with E-state index in [2.05, 4.69) is 34.3 Å². The van der Waals surface area contributed by atoms with Gasteiger partial charge < -0.3 is 14.8 Å². The predicted octanol–water partition coefficient (Wildman–Crippen LogP) is 2.11. The molecule has 1 aromatic rings. The van der Waals surface area contributed by atoms with E-state index in [1.165, 1.54) is 5.69 Å². The average molecular weight is 246 g/mol. The molecule has 2 aliphatic rings. The highest BCUT2D eigenvalue weighted by molar-refractivity contribution is 6.03. The van der Waals surface area contributed by atoms with Crippen molar-refractivity contribution in [2.45, 2.75) is 12.8 Å². The van der Waals surface area contributed by atoms with Gasteiger partial charge in [0.25, 0.3) is 0 Å². The monoisotopic (exact) mass is 246 g/mol. The molecular formula is C14H18N2O2. The summed E-state index contributed by atoms with van der Waals surface area (Å²) in [5, 5.41) is 12.5. The largest absolute Gasteiger partial charge is 0.411 e. The summed E-state index contributed by atoms with van der Waals surface area (Å²) >= 11 is 0. The van der Waals surface area contributed by atoms with Gasteiger partial charge in [-0.2, -0.15) is 0 Å². The van der Waals surface area contributed by atoms with Gasteiger partial charge in [0.2, 0.25) is 0 Å². The molecule has 1 aromatic carbocycles. The summed E-state index contributed by atoms with van der Waals surface area (Å²) < 4.78 is 5.35. The van der Waals surface area contributed by atoms with Crippen LogP contribution in [0, 0.1) is 5.92 Å². The molecule has 1 N–H and O–H groups in total. The Labute approximate surface area is 107 Å². The molecule has 1 saturated heterocycles. The van der Waals surface area contributed by atoms with Crippen molar-refractivity contribution < 1.29 is 9.94 Å². The SMILES string of the molecule is O/N=C(/c1ccc(N2CCOCC2)cc1)C1CC1. The molecule has 2 fully saturated rings. The lowest BCUT2D eigenvalue weighted by Crippen LogP contribution is -2.36. The molecule has 3 rings (SSSR count). The molecule has 18 heavy (non-hydrogen) atoms. The van der Waals surface area contributed by atoms with Gasteiger partial charge in [-0.1, -0.05) is 17.3 Å². The van der Waals surface area contributed by atoms with Crippen LogP contribution in [0.5, 0.6) is 0 Å². The molecule has 0 radical (unpaired) electrons. The second kappa shape index (κ2) is 4.98. The van der Waals surface area contributed by atoms with Crippen molar-refractivity contribution >= 4 is 11.4 Å². The van der Waals surface area contributed by atoms with Gasteiger partial charge in [-0.3, -0.25) is 0 Å². The number of anilines is 1. The van der Waals surface area contributed by atoms with E-state index in [1.807, 2.05) is 0 Å². The lowest BCUT2D eigenvalue weighted by Gasteiger charge is -2.28. The molecule has 1 aliphatic carbocycles. The molecule has 0 atom stereocenters. The summed E-state index contributed by atoms with van der Waals surface area (Å²) in [5.74, 6) is 0.462. The van der Waals surface area contributed by atoms with E-state index in [4.69, 9.17) is 9.94 Å². The van der Waals surface area contributed by atoms with E-state index in [0.717, 1.165) is 50.4 Å². The van der Waals surface area contributed by atoms with Gasteiger partial charge in [0, 0.05) is 24.7 Å². The molecule has 0 amide bonds. The second-order valence-corrected chi connectivity index (χ2v) is 4.91. The van der Waals surface area contributed by atoms with E-state index in [-0.39, 0.29) is 0 Å². The molecule has 4 heteroatoms. The number of hydrogen-bond acceptors (Lipinski definition) is 4. The topological polar surface area (TPSA) is 45.1 Å². The number of nitrogens with zero attached hydrogens (tertiary/aromatic N) is 2. The Bertz CT molecular complexity index is 432. The zero-order chi connectivity index (χ0) is 12.4. The normalized spacial score (nSPS) is 21.1. The highest BCUT2D eigenvalue weighted by atomic mass is 16.5. The van der Waals surface area contributed by atoms with Crippen LogP contribution in [0.4, 0.5) is 5.69 Å². The Hall–Kier alpha value is -1.55. The minimum Gasteiger partial charge on any atom is -0.411 e. The van der Waals surface area contributed by atoms with Crippen LogP contribution in [0.25, 0.3) is 0 Å². The summed E-state index contributed by atoms with van der Waals surface area (Å²) in [6.07, 6.45) is 2.29. The first kappa shape index (κ1) is 11.5. The smallest absolute Gasteiger partial charge is 0.0898 e. The maximum Gasteiger partial charge on any atom is 0.0898 e. The fourth-order valence-corrected chi connectivity index (χ4v) is 2.40. The number of rotatable bonds is 3. The van der Waals surface area contributed by atoms with E-state index in [1.54, 1.807) is 0 Å². The number of oxime groups is 1. The van der Waals surface area contributed by atoms with Crippen LogP contribution in [-0.2, 0) is 4.74 Å². The molecule has 0 aromatic heterocycles. The van der Waals surface area contributed by atoms with Crippen molar-refractivity contribution in [2.75, 3.05) is 31.2 Å². The van der Waals surface area contributed by atoms with E-state index >= 15 is 0 Å². The summed E-state index contributed by atoms with van der Waals surface area (Å²) in [6.45, 7) is 3.49. The third-order valence-corrected chi connectivity index (χ3v) is 3.61. The summed E-state index contributed by atoms with van der Waals surface area (Å²) in [4.78, 5) is 2.32. The van der Waals surface area contributed by atoms with Gasteiger partial charge in [0.05, 0.1) is 18.9 Å². The Kier molecular flexibility index (Phi) is 3.19. The fraction of sp³-hybridized carbons (Fsp3) is 0.500. The van der Waals surface area contributed by atoms with Crippen LogP contribution in [0.2, 0.25) is 0 Å². The van der Waals surface area contributed by atoms with Crippen molar-refractivity contribution in [3.05, 3.63) is 29.8 Å². The standard InChI is InChI=1S/C14H18N2O2/c17-15-14(11-1-2-11)12-3-5-13(6-4-12)16-7-9-18-10-8-16/h3-6,11,17H,1-2,7-10H2/b15-14+. The molecule has 96 valence electrons. The summed E-state index contributed by atoms with van der Waals surface area (Å²) in [7, 11) is 0. The Morgan fingerprint density at radius 1 is 1.17 bits per heavy atom. The minimum atomic E-state index is 0.462. The van der Waals surface area contributed by atoms with Crippen LogP contribution in [0.1, 0.15) is 18.4 Å². The zero-order valence-electron chi connectivity index (χ0n) is 10.4. The van der Waals surface area contributed by atoms with E-state index < -0.39 is 0 Å². The maximum absolute atomic E-state index is 9.07. The summed E-state index contributed by atoms with van der Waals surface area (Å²) in [6, 6.07) is 8.32. The number of morpholine rings is 1. The first-order valence-electron chi connectivity index (χ1n) is 6.53. The number of ether oxygens (including phenoxy) is 1. The molecule has 0 unspecified atom stereocenters. The van der Waals surface area contributed by atoms with Gasteiger partial charge in [0.1, 0.15) is 0 Å².